The summed E-state index contributed by atoms with van der Waals surface area (Å²) in [5, 5.41) is 14.8. The summed E-state index contributed by atoms with van der Waals surface area (Å²) in [5.41, 5.74) is 3.33. The van der Waals surface area contributed by atoms with E-state index < -0.39 is 12.3 Å². The van der Waals surface area contributed by atoms with Gasteiger partial charge in [-0.2, -0.15) is 0 Å². The summed E-state index contributed by atoms with van der Waals surface area (Å²) in [4.78, 5) is 13.3. The van der Waals surface area contributed by atoms with Gasteiger partial charge in [-0.05, 0) is 53.5 Å². The molecule has 0 bridgehead atoms. The summed E-state index contributed by atoms with van der Waals surface area (Å²) in [7, 11) is 0. The maximum atomic E-state index is 13.7. The van der Waals surface area contributed by atoms with Gasteiger partial charge >= 0.3 is 6.09 Å². The van der Waals surface area contributed by atoms with Gasteiger partial charge in [0.1, 0.15) is 6.17 Å². The van der Waals surface area contributed by atoms with Gasteiger partial charge in [-0.15, -0.1) is 0 Å². The number of morpholine rings is 1. The zero-order chi connectivity index (χ0) is 21.5. The van der Waals surface area contributed by atoms with Gasteiger partial charge in [0.25, 0.3) is 0 Å². The van der Waals surface area contributed by atoms with Crippen LogP contribution in [0.15, 0.2) is 12.1 Å². The predicted molar refractivity (Wildman–Crippen MR) is 113 cm³/mol. The number of hydrogen-bond acceptors (Lipinski definition) is 4. The molecule has 30 heavy (non-hydrogen) atoms. The van der Waals surface area contributed by atoms with Crippen LogP contribution >= 0.6 is 11.6 Å². The van der Waals surface area contributed by atoms with E-state index in [0.29, 0.717) is 44.2 Å². The normalized spacial score (nSPS) is 26.1. The number of hydrogen-bond donors (Lipinski definition) is 1. The molecular weight excluding hydrogens is 409 g/mol. The van der Waals surface area contributed by atoms with E-state index in [-0.39, 0.29) is 11.5 Å². The fourth-order valence-corrected chi connectivity index (χ4v) is 5.40. The van der Waals surface area contributed by atoms with E-state index in [1.807, 2.05) is 12.1 Å². The Hall–Kier alpha value is -1.41. The minimum Gasteiger partial charge on any atom is -0.465 e. The third-order valence-electron chi connectivity index (χ3n) is 6.81. The molecule has 0 radical (unpaired) electrons. The molecule has 2 saturated heterocycles. The van der Waals surface area contributed by atoms with Gasteiger partial charge in [0.15, 0.2) is 0 Å². The lowest BCUT2D eigenvalue weighted by molar-refractivity contribution is -0.0424. The monoisotopic (exact) mass is 439 g/mol. The Morgan fingerprint density at radius 1 is 1.30 bits per heavy atom. The van der Waals surface area contributed by atoms with E-state index in [0.717, 1.165) is 31.6 Å². The van der Waals surface area contributed by atoms with Crippen LogP contribution in [0.1, 0.15) is 37.0 Å². The third-order valence-corrected chi connectivity index (χ3v) is 7.03. The summed E-state index contributed by atoms with van der Waals surface area (Å²) in [6, 6.07) is 3.84. The fourth-order valence-electron chi connectivity index (χ4n) is 5.14. The largest absolute Gasteiger partial charge is 0.465 e. The number of alkyl halides is 1. The first-order valence-corrected chi connectivity index (χ1v) is 11.1. The van der Waals surface area contributed by atoms with E-state index in [2.05, 4.69) is 23.9 Å². The van der Waals surface area contributed by atoms with Gasteiger partial charge in [-0.1, -0.05) is 25.4 Å². The van der Waals surface area contributed by atoms with Crippen LogP contribution in [0.25, 0.3) is 0 Å². The van der Waals surface area contributed by atoms with Crippen molar-refractivity contribution in [3.63, 3.8) is 0 Å². The highest BCUT2D eigenvalue weighted by atomic mass is 35.5. The molecule has 0 spiro atoms. The van der Waals surface area contributed by atoms with Crippen LogP contribution in [0.4, 0.5) is 9.18 Å². The molecule has 1 N–H and O–H groups in total. The van der Waals surface area contributed by atoms with Gasteiger partial charge in [-0.3, -0.25) is 0 Å². The highest BCUT2D eigenvalue weighted by molar-refractivity contribution is 6.30. The van der Waals surface area contributed by atoms with Crippen molar-refractivity contribution in [1.29, 1.82) is 0 Å². The first-order chi connectivity index (χ1) is 14.2. The Bertz CT molecular complexity index is 806. The van der Waals surface area contributed by atoms with Crippen LogP contribution in [0.3, 0.4) is 0 Å². The van der Waals surface area contributed by atoms with Crippen molar-refractivity contribution in [2.45, 2.75) is 51.9 Å². The van der Waals surface area contributed by atoms with Gasteiger partial charge in [0, 0.05) is 37.7 Å². The van der Waals surface area contributed by atoms with Crippen molar-refractivity contribution in [3.8, 4) is 0 Å². The molecule has 8 heteroatoms. The second-order valence-corrected chi connectivity index (χ2v) is 9.81. The molecule has 1 amide bonds. The summed E-state index contributed by atoms with van der Waals surface area (Å²) in [5.74, 6) is 0. The smallest absolute Gasteiger partial charge is 0.407 e. The Balaban J connectivity index is 1.58. The number of nitrogens with zero attached hydrogens (tertiary/aromatic N) is 3. The Kier molecular flexibility index (Phi) is 6.26. The lowest BCUT2D eigenvalue weighted by atomic mass is 9.76. The number of benzene rings is 1. The molecule has 0 aromatic heterocycles. The number of carboxylic acid groups (broad SMARTS) is 1. The fraction of sp³-hybridized carbons (Fsp3) is 0.682. The average Bonchev–Trinajstić information content (AvgIpc) is 3.13. The second-order valence-electron chi connectivity index (χ2n) is 9.37. The molecule has 3 aliphatic heterocycles. The van der Waals surface area contributed by atoms with E-state index in [9.17, 15) is 14.3 Å². The maximum Gasteiger partial charge on any atom is 0.407 e. The second kappa shape index (κ2) is 8.61. The Morgan fingerprint density at radius 3 is 2.80 bits per heavy atom. The van der Waals surface area contributed by atoms with Crippen LogP contribution in [0, 0.1) is 5.41 Å². The topological polar surface area (TPSA) is 56.2 Å². The minimum atomic E-state index is -0.898. The molecule has 2 atom stereocenters. The van der Waals surface area contributed by atoms with Gasteiger partial charge < -0.3 is 14.7 Å². The molecule has 0 unspecified atom stereocenters. The number of halogens is 2. The lowest BCUT2D eigenvalue weighted by Crippen LogP contribution is -2.55. The number of rotatable bonds is 4. The highest BCUT2D eigenvalue weighted by Crippen LogP contribution is 2.36. The standard InChI is InChI=1S/C22H31ClFN3O3/c1-22(2,20-14-30-8-7-27(20)21(28)29)11-16-10-17(23)9-15-3-5-26(13-19(15)16)25-6-4-18(24)12-25/h9-10,18,20H,3-8,11-14H2,1-2H3,(H,28,29)/t18-,20+/m1/s1. The van der Waals surface area contributed by atoms with Crippen molar-refractivity contribution in [2.24, 2.45) is 5.41 Å². The van der Waals surface area contributed by atoms with Crippen LogP contribution in [0.5, 0.6) is 0 Å². The van der Waals surface area contributed by atoms with Crippen molar-refractivity contribution in [1.82, 2.24) is 14.9 Å². The summed E-state index contributed by atoms with van der Waals surface area (Å²) in [6.07, 6.45) is 0.530. The predicted octanol–water partition coefficient (Wildman–Crippen LogP) is 3.60. The first-order valence-electron chi connectivity index (χ1n) is 10.8. The zero-order valence-electron chi connectivity index (χ0n) is 17.7. The van der Waals surface area contributed by atoms with Crippen LogP contribution in [0.2, 0.25) is 5.02 Å². The molecule has 0 aliphatic carbocycles. The third kappa shape index (κ3) is 4.44. The molecule has 3 heterocycles. The molecule has 4 rings (SSSR count). The SMILES string of the molecule is CC(C)(Cc1cc(Cl)cc2c1CN(N1CC[C@@H](F)C1)CC2)[C@@H]1COCCN1C(=O)O. The quantitative estimate of drug-likeness (QED) is 0.776. The molecule has 3 aliphatic rings. The van der Waals surface area contributed by atoms with Crippen LogP contribution in [-0.2, 0) is 24.1 Å². The van der Waals surface area contributed by atoms with E-state index in [1.54, 1.807) is 0 Å². The zero-order valence-corrected chi connectivity index (χ0v) is 18.5. The molecule has 6 nitrogen and oxygen atoms in total. The molecule has 166 valence electrons. The molecule has 1 aromatic rings. The van der Waals surface area contributed by atoms with Gasteiger partial charge in [-0.25, -0.2) is 19.2 Å². The van der Waals surface area contributed by atoms with E-state index in [4.69, 9.17) is 16.3 Å². The first kappa shape index (κ1) is 21.8. The molecular formula is C22H31ClFN3O3. The van der Waals surface area contributed by atoms with Crippen molar-refractivity contribution < 1.29 is 19.0 Å². The van der Waals surface area contributed by atoms with Gasteiger partial charge in [0.2, 0.25) is 0 Å². The average molecular weight is 440 g/mol. The summed E-state index contributed by atoms with van der Waals surface area (Å²) in [6.45, 7) is 8.28. The summed E-state index contributed by atoms with van der Waals surface area (Å²) < 4.78 is 19.4. The number of fused-ring (bicyclic) bond motifs is 1. The minimum absolute atomic E-state index is 0.219. The molecule has 1 aromatic carbocycles. The summed E-state index contributed by atoms with van der Waals surface area (Å²) >= 11 is 6.46. The number of ether oxygens (including phenoxy) is 1. The van der Waals surface area contributed by atoms with Crippen molar-refractivity contribution in [2.75, 3.05) is 39.4 Å². The highest BCUT2D eigenvalue weighted by Gasteiger charge is 2.40. The van der Waals surface area contributed by atoms with E-state index >= 15 is 0 Å². The van der Waals surface area contributed by atoms with E-state index in [1.165, 1.54) is 16.0 Å². The van der Waals surface area contributed by atoms with Crippen LogP contribution in [-0.4, -0.2) is 77.7 Å². The molecule has 0 saturated carbocycles. The number of carbonyl (C=O) groups is 1. The van der Waals surface area contributed by atoms with Crippen molar-refractivity contribution >= 4 is 17.7 Å². The number of hydrazine groups is 1. The maximum absolute atomic E-state index is 13.7. The van der Waals surface area contributed by atoms with Crippen LogP contribution < -0.4 is 0 Å². The Morgan fingerprint density at radius 2 is 2.10 bits per heavy atom. The Labute approximate surface area is 182 Å². The lowest BCUT2D eigenvalue weighted by Gasteiger charge is -2.44. The van der Waals surface area contributed by atoms with Crippen molar-refractivity contribution in [3.05, 3.63) is 33.8 Å². The number of amides is 1. The molecule has 2 fully saturated rings. The van der Waals surface area contributed by atoms with Gasteiger partial charge in [0.05, 0.1) is 19.3 Å².